The van der Waals surface area contributed by atoms with Crippen molar-refractivity contribution in [1.29, 1.82) is 0 Å². The molecule has 1 rings (SSSR count). The first-order valence-electron chi connectivity index (χ1n) is 6.17. The summed E-state index contributed by atoms with van der Waals surface area (Å²) in [5.74, 6) is -0.664. The zero-order valence-corrected chi connectivity index (χ0v) is 13.5. The highest BCUT2D eigenvalue weighted by molar-refractivity contribution is 7.86. The van der Waals surface area contributed by atoms with Gasteiger partial charge in [-0.2, -0.15) is 8.42 Å². The molecule has 118 valence electrons. The van der Waals surface area contributed by atoms with Crippen molar-refractivity contribution in [2.75, 3.05) is 11.1 Å². The summed E-state index contributed by atoms with van der Waals surface area (Å²) in [5.41, 5.74) is 0.174. The summed E-state index contributed by atoms with van der Waals surface area (Å²) >= 11 is 5.91. The van der Waals surface area contributed by atoms with Crippen LogP contribution in [0.2, 0.25) is 5.02 Å². The van der Waals surface area contributed by atoms with E-state index in [0.29, 0.717) is 16.3 Å². The van der Waals surface area contributed by atoms with Gasteiger partial charge >= 0.3 is 16.3 Å². The monoisotopic (exact) mass is 337 g/mol. The zero-order valence-electron chi connectivity index (χ0n) is 11.9. The zero-order chi connectivity index (χ0) is 16.3. The molecule has 0 unspecified atom stereocenters. The number of carbonyl (C=O) groups excluding carboxylic acids is 1. The third-order valence-corrected chi connectivity index (χ3v) is 3.37. The van der Waals surface area contributed by atoms with E-state index in [1.54, 1.807) is 26.8 Å². The molecule has 0 aliphatic rings. The smallest absolute Gasteiger partial charge is 0.412 e. The van der Waals surface area contributed by atoms with Crippen molar-refractivity contribution in [1.82, 2.24) is 0 Å². The van der Waals surface area contributed by atoms with Crippen LogP contribution in [0.15, 0.2) is 18.2 Å². The average Bonchev–Trinajstić information content (AvgIpc) is 2.26. The van der Waals surface area contributed by atoms with E-state index in [4.69, 9.17) is 16.3 Å². The van der Waals surface area contributed by atoms with Gasteiger partial charge in [-0.3, -0.25) is 5.32 Å². The fraction of sp³-hybridized carbons (Fsp3) is 0.462. The number of hydrogen-bond donors (Lipinski definition) is 1. The normalized spacial score (nSPS) is 12.0. The number of benzene rings is 1. The van der Waals surface area contributed by atoms with Crippen LogP contribution in [-0.4, -0.2) is 25.9 Å². The molecule has 0 aliphatic heterocycles. The molecule has 8 heteroatoms. The van der Waals surface area contributed by atoms with Crippen molar-refractivity contribution in [2.45, 2.75) is 32.8 Å². The third-order valence-electron chi connectivity index (χ3n) is 2.31. The molecular weight excluding hydrogens is 321 g/mol. The predicted molar refractivity (Wildman–Crippen MR) is 79.9 cm³/mol. The molecule has 0 bridgehead atoms. The van der Waals surface area contributed by atoms with E-state index in [-0.39, 0.29) is 6.42 Å². The predicted octanol–water partition coefficient (Wildman–Crippen LogP) is 3.53. The molecule has 1 aromatic carbocycles. The van der Waals surface area contributed by atoms with Crippen molar-refractivity contribution in [3.63, 3.8) is 0 Å². The summed E-state index contributed by atoms with van der Waals surface area (Å²) in [5, 5.41) is 2.80. The second-order valence-electron chi connectivity index (χ2n) is 5.43. The van der Waals surface area contributed by atoms with E-state index in [9.17, 15) is 17.1 Å². The highest BCUT2D eigenvalue weighted by Crippen LogP contribution is 2.22. The molecule has 0 saturated heterocycles. The maximum absolute atomic E-state index is 12.5. The molecule has 0 atom stereocenters. The van der Waals surface area contributed by atoms with Gasteiger partial charge in [-0.1, -0.05) is 11.6 Å². The number of ether oxygens (including phenoxy) is 1. The SMILES string of the molecule is CC(C)(C)OC(=O)Nc1ccc(Cl)c(CCS(=O)(=O)F)c1. The first-order chi connectivity index (χ1) is 9.46. The Bertz CT molecular complexity index is 626. The lowest BCUT2D eigenvalue weighted by molar-refractivity contribution is 0.0636. The molecule has 0 radical (unpaired) electrons. The molecular formula is C13H17ClFNO4S. The number of halogens is 2. The Morgan fingerprint density at radius 2 is 2.00 bits per heavy atom. The number of anilines is 1. The molecule has 1 aromatic rings. The van der Waals surface area contributed by atoms with Crippen LogP contribution in [0.5, 0.6) is 0 Å². The van der Waals surface area contributed by atoms with Crippen LogP contribution >= 0.6 is 11.6 Å². The van der Waals surface area contributed by atoms with Crippen molar-refractivity contribution in [2.24, 2.45) is 0 Å². The van der Waals surface area contributed by atoms with E-state index in [2.05, 4.69) is 5.32 Å². The summed E-state index contributed by atoms with van der Waals surface area (Å²) in [6.07, 6.45) is -0.726. The van der Waals surface area contributed by atoms with E-state index in [1.807, 2.05) is 0 Å². The molecule has 0 heterocycles. The first-order valence-corrected chi connectivity index (χ1v) is 8.10. The van der Waals surface area contributed by atoms with Gasteiger partial charge in [0.2, 0.25) is 0 Å². The van der Waals surface area contributed by atoms with E-state index in [1.165, 1.54) is 12.1 Å². The number of carbonyl (C=O) groups is 1. The van der Waals surface area contributed by atoms with Crippen molar-refractivity contribution >= 4 is 33.6 Å². The molecule has 21 heavy (non-hydrogen) atoms. The Morgan fingerprint density at radius 3 is 2.52 bits per heavy atom. The molecule has 0 aliphatic carbocycles. The lowest BCUT2D eigenvalue weighted by Gasteiger charge is -2.19. The lowest BCUT2D eigenvalue weighted by Crippen LogP contribution is -2.27. The van der Waals surface area contributed by atoms with E-state index >= 15 is 0 Å². The van der Waals surface area contributed by atoms with Crippen LogP contribution in [-0.2, 0) is 21.4 Å². The van der Waals surface area contributed by atoms with Gasteiger partial charge in [0.05, 0.1) is 5.75 Å². The minimum absolute atomic E-state index is 0.0818. The van der Waals surface area contributed by atoms with Gasteiger partial charge in [-0.25, -0.2) is 4.79 Å². The summed E-state index contributed by atoms with van der Waals surface area (Å²) < 4.78 is 38.7. The Morgan fingerprint density at radius 1 is 1.38 bits per heavy atom. The molecule has 1 amide bonds. The van der Waals surface area contributed by atoms with Gasteiger partial charge in [-0.15, -0.1) is 3.89 Å². The fourth-order valence-corrected chi connectivity index (χ4v) is 2.17. The van der Waals surface area contributed by atoms with Crippen molar-refractivity contribution in [3.05, 3.63) is 28.8 Å². The molecule has 0 spiro atoms. The summed E-state index contributed by atoms with van der Waals surface area (Å²) in [6, 6.07) is 4.52. The average molecular weight is 338 g/mol. The molecule has 0 aromatic heterocycles. The van der Waals surface area contributed by atoms with Crippen molar-refractivity contribution < 1.29 is 21.8 Å². The van der Waals surface area contributed by atoms with Crippen LogP contribution in [0, 0.1) is 0 Å². The van der Waals surface area contributed by atoms with Crippen molar-refractivity contribution in [3.8, 4) is 0 Å². The topological polar surface area (TPSA) is 72.5 Å². The second kappa shape index (κ2) is 6.62. The first kappa shape index (κ1) is 17.7. The van der Waals surface area contributed by atoms with Crippen LogP contribution < -0.4 is 5.32 Å². The number of nitrogens with one attached hydrogen (secondary N) is 1. The van der Waals surface area contributed by atoms with Gasteiger partial charge in [-0.05, 0) is 51.0 Å². The summed E-state index contributed by atoms with van der Waals surface area (Å²) in [6.45, 7) is 5.18. The Labute approximate surface area is 128 Å². The van der Waals surface area contributed by atoms with Crippen LogP contribution in [0.4, 0.5) is 14.4 Å². The number of aryl methyl sites for hydroxylation is 1. The highest BCUT2D eigenvalue weighted by Gasteiger charge is 2.17. The fourth-order valence-electron chi connectivity index (χ4n) is 1.50. The molecule has 1 N–H and O–H groups in total. The minimum Gasteiger partial charge on any atom is -0.444 e. The molecule has 5 nitrogen and oxygen atoms in total. The van der Waals surface area contributed by atoms with Gasteiger partial charge in [0.15, 0.2) is 0 Å². The van der Waals surface area contributed by atoms with Crippen LogP contribution in [0.1, 0.15) is 26.3 Å². The van der Waals surface area contributed by atoms with Gasteiger partial charge in [0.25, 0.3) is 0 Å². The van der Waals surface area contributed by atoms with Gasteiger partial charge < -0.3 is 4.74 Å². The molecule has 0 saturated carbocycles. The largest absolute Gasteiger partial charge is 0.444 e. The quantitative estimate of drug-likeness (QED) is 0.853. The van der Waals surface area contributed by atoms with Gasteiger partial charge in [0, 0.05) is 10.7 Å². The minimum atomic E-state index is -4.57. The van der Waals surface area contributed by atoms with Gasteiger partial charge in [0.1, 0.15) is 5.60 Å². The number of rotatable bonds is 4. The summed E-state index contributed by atoms with van der Waals surface area (Å²) in [7, 11) is -4.57. The van der Waals surface area contributed by atoms with Crippen LogP contribution in [0.25, 0.3) is 0 Å². The van der Waals surface area contributed by atoms with Crippen LogP contribution in [0.3, 0.4) is 0 Å². The Kier molecular flexibility index (Phi) is 5.58. The van der Waals surface area contributed by atoms with E-state index in [0.717, 1.165) is 0 Å². The number of hydrogen-bond acceptors (Lipinski definition) is 4. The summed E-state index contributed by atoms with van der Waals surface area (Å²) in [4.78, 5) is 11.6. The molecule has 0 fully saturated rings. The standard InChI is InChI=1S/C13H17ClFNO4S/c1-13(2,3)20-12(17)16-10-4-5-11(14)9(8-10)6-7-21(15,18)19/h4-5,8H,6-7H2,1-3H3,(H,16,17). The third kappa shape index (κ3) is 7.29. The maximum atomic E-state index is 12.5. The maximum Gasteiger partial charge on any atom is 0.412 e. The number of amides is 1. The lowest BCUT2D eigenvalue weighted by atomic mass is 10.1. The Balaban J connectivity index is 2.79. The Hall–Kier alpha value is -1.34. The van der Waals surface area contributed by atoms with E-state index < -0.39 is 27.7 Å². The highest BCUT2D eigenvalue weighted by atomic mass is 35.5. The second-order valence-corrected chi connectivity index (χ2v) is 7.32.